The van der Waals surface area contributed by atoms with Crippen molar-refractivity contribution in [2.75, 3.05) is 13.7 Å². The van der Waals surface area contributed by atoms with Crippen molar-refractivity contribution in [1.82, 2.24) is 15.3 Å². The fourth-order valence-corrected chi connectivity index (χ4v) is 3.52. The van der Waals surface area contributed by atoms with Crippen LogP contribution in [-0.2, 0) is 13.0 Å². The Bertz CT molecular complexity index is 1470. The predicted molar refractivity (Wildman–Crippen MR) is 129 cm³/mol. The first-order chi connectivity index (χ1) is 17.4. The number of nitrogens with one attached hydrogen (secondary N) is 2. The van der Waals surface area contributed by atoms with E-state index < -0.39 is 23.3 Å². The van der Waals surface area contributed by atoms with Gasteiger partial charge in [-0.2, -0.15) is 0 Å². The van der Waals surface area contributed by atoms with Gasteiger partial charge in [0.2, 0.25) is 0 Å². The number of carbonyl (C=O) groups is 2. The zero-order chi connectivity index (χ0) is 25.7. The number of carbonyl (C=O) groups excluding carboxylic acids is 1. The van der Waals surface area contributed by atoms with Gasteiger partial charge in [-0.3, -0.25) is 9.59 Å². The number of carboxylic acids is 1. The first-order valence-electron chi connectivity index (χ1n) is 10.9. The van der Waals surface area contributed by atoms with Crippen LogP contribution in [0.25, 0.3) is 10.9 Å². The summed E-state index contributed by atoms with van der Waals surface area (Å²) >= 11 is 0. The number of hydrogen-bond acceptors (Lipinski definition) is 6. The zero-order valence-corrected chi connectivity index (χ0v) is 19.2. The second kappa shape index (κ2) is 10.7. The van der Waals surface area contributed by atoms with E-state index in [2.05, 4.69) is 15.3 Å². The van der Waals surface area contributed by atoms with Crippen LogP contribution in [0.2, 0.25) is 0 Å². The monoisotopic (exact) mass is 491 g/mol. The summed E-state index contributed by atoms with van der Waals surface area (Å²) in [7, 11) is 1.56. The van der Waals surface area contributed by atoms with Crippen LogP contribution in [0.15, 0.2) is 65.5 Å². The van der Waals surface area contributed by atoms with E-state index in [9.17, 15) is 18.8 Å². The van der Waals surface area contributed by atoms with E-state index in [1.807, 2.05) is 0 Å². The molecule has 0 fully saturated rings. The minimum atomic E-state index is -1.03. The largest absolute Gasteiger partial charge is 0.497 e. The van der Waals surface area contributed by atoms with Crippen molar-refractivity contribution in [3.05, 3.63) is 99.3 Å². The molecule has 36 heavy (non-hydrogen) atoms. The number of halogens is 1. The highest BCUT2D eigenvalue weighted by Gasteiger charge is 2.17. The number of amides is 1. The minimum absolute atomic E-state index is 0.0337. The van der Waals surface area contributed by atoms with Crippen LogP contribution in [-0.4, -0.2) is 40.7 Å². The summed E-state index contributed by atoms with van der Waals surface area (Å²) in [5.41, 5.74) is 1.15. The highest BCUT2D eigenvalue weighted by Crippen LogP contribution is 2.25. The molecule has 9 nitrogen and oxygen atoms in total. The number of carboxylic acid groups (broad SMARTS) is 1. The molecule has 0 bridgehead atoms. The van der Waals surface area contributed by atoms with Gasteiger partial charge in [0, 0.05) is 13.0 Å². The molecule has 1 aromatic heterocycles. The number of benzene rings is 3. The highest BCUT2D eigenvalue weighted by molar-refractivity contribution is 5.93. The molecule has 10 heteroatoms. The Morgan fingerprint density at radius 2 is 1.72 bits per heavy atom. The molecule has 0 aliphatic heterocycles. The van der Waals surface area contributed by atoms with Gasteiger partial charge >= 0.3 is 5.97 Å². The van der Waals surface area contributed by atoms with Crippen molar-refractivity contribution >= 4 is 22.8 Å². The van der Waals surface area contributed by atoms with Crippen LogP contribution in [0.3, 0.4) is 0 Å². The Labute approximate surface area is 204 Å². The maximum atomic E-state index is 14.5. The van der Waals surface area contributed by atoms with E-state index in [1.165, 1.54) is 18.2 Å². The molecule has 3 N–H and O–H groups in total. The lowest BCUT2D eigenvalue weighted by molar-refractivity contribution is 0.0696. The van der Waals surface area contributed by atoms with Crippen molar-refractivity contribution in [3.63, 3.8) is 0 Å². The molecule has 4 rings (SSSR count). The van der Waals surface area contributed by atoms with E-state index in [1.54, 1.807) is 43.5 Å². The zero-order valence-electron chi connectivity index (χ0n) is 19.2. The number of H-pyrrole nitrogens is 1. The molecule has 0 saturated heterocycles. The number of ether oxygens (including phenoxy) is 2. The van der Waals surface area contributed by atoms with Gasteiger partial charge in [-0.15, -0.1) is 0 Å². The predicted octanol–water partition coefficient (Wildman–Crippen LogP) is 3.32. The Morgan fingerprint density at radius 1 is 1.03 bits per heavy atom. The number of rotatable bonds is 9. The molecule has 0 radical (unpaired) electrons. The molecule has 4 aromatic rings. The topological polar surface area (TPSA) is 131 Å². The smallest absolute Gasteiger partial charge is 0.335 e. The van der Waals surface area contributed by atoms with Gasteiger partial charge in [-0.1, -0.05) is 24.3 Å². The van der Waals surface area contributed by atoms with E-state index in [0.717, 1.165) is 17.2 Å². The fraction of sp³-hybridized carbons (Fsp3) is 0.154. The average molecular weight is 491 g/mol. The van der Waals surface area contributed by atoms with Gasteiger partial charge in [0.1, 0.15) is 11.1 Å². The minimum Gasteiger partial charge on any atom is -0.497 e. The summed E-state index contributed by atoms with van der Waals surface area (Å²) < 4.78 is 25.2. The molecular weight excluding hydrogens is 469 g/mol. The summed E-state index contributed by atoms with van der Waals surface area (Å²) in [6.45, 7) is 0.238. The SMILES string of the molecule is COc1ccc(CNC(=O)c2nc3ccc(F)c(OCCc4ccc(C(=O)O)cc4)c3c(=O)[nH]2)cc1. The summed E-state index contributed by atoms with van der Waals surface area (Å²) in [6, 6.07) is 15.7. The normalized spacial score (nSPS) is 10.7. The second-order valence-corrected chi connectivity index (χ2v) is 7.82. The number of aromatic amines is 1. The summed E-state index contributed by atoms with van der Waals surface area (Å²) in [6.07, 6.45) is 0.354. The number of fused-ring (bicyclic) bond motifs is 1. The fourth-order valence-electron chi connectivity index (χ4n) is 3.52. The Balaban J connectivity index is 1.48. The van der Waals surface area contributed by atoms with Gasteiger partial charge in [0.15, 0.2) is 17.4 Å². The van der Waals surface area contributed by atoms with Crippen molar-refractivity contribution in [1.29, 1.82) is 0 Å². The van der Waals surface area contributed by atoms with Crippen molar-refractivity contribution in [3.8, 4) is 11.5 Å². The number of methoxy groups -OCH3 is 1. The number of hydrogen-bond donors (Lipinski definition) is 3. The van der Waals surface area contributed by atoms with E-state index in [4.69, 9.17) is 14.6 Å². The molecule has 0 unspecified atom stereocenters. The highest BCUT2D eigenvalue weighted by atomic mass is 19.1. The van der Waals surface area contributed by atoms with Crippen molar-refractivity contribution in [2.24, 2.45) is 0 Å². The lowest BCUT2D eigenvalue weighted by Crippen LogP contribution is -2.27. The maximum absolute atomic E-state index is 14.5. The van der Waals surface area contributed by atoms with Crippen LogP contribution < -0.4 is 20.3 Å². The third-order valence-corrected chi connectivity index (χ3v) is 5.44. The van der Waals surface area contributed by atoms with Gasteiger partial charge in [-0.25, -0.2) is 14.2 Å². The molecule has 0 atom stereocenters. The number of aromatic nitrogens is 2. The van der Waals surface area contributed by atoms with Crippen molar-refractivity contribution < 1.29 is 28.6 Å². The Morgan fingerprint density at radius 3 is 2.39 bits per heavy atom. The molecule has 0 aliphatic rings. The van der Waals surface area contributed by atoms with E-state index in [0.29, 0.717) is 12.2 Å². The maximum Gasteiger partial charge on any atom is 0.335 e. The van der Waals surface area contributed by atoms with Crippen LogP contribution in [0, 0.1) is 5.82 Å². The molecular formula is C26H22FN3O6. The van der Waals surface area contributed by atoms with E-state index >= 15 is 0 Å². The molecule has 0 spiro atoms. The lowest BCUT2D eigenvalue weighted by atomic mass is 10.1. The van der Waals surface area contributed by atoms with Crippen LogP contribution in [0.1, 0.15) is 32.1 Å². The molecule has 184 valence electrons. The van der Waals surface area contributed by atoms with Crippen molar-refractivity contribution in [2.45, 2.75) is 13.0 Å². The number of nitrogens with zero attached hydrogens (tertiary/aromatic N) is 1. The average Bonchev–Trinajstić information content (AvgIpc) is 2.89. The second-order valence-electron chi connectivity index (χ2n) is 7.82. The summed E-state index contributed by atoms with van der Waals surface area (Å²) in [5.74, 6) is -2.16. The van der Waals surface area contributed by atoms with Crippen LogP contribution in [0.5, 0.6) is 11.5 Å². The Hall–Kier alpha value is -4.73. The first kappa shape index (κ1) is 24.4. The first-order valence-corrected chi connectivity index (χ1v) is 10.9. The molecule has 1 heterocycles. The van der Waals surface area contributed by atoms with Crippen LogP contribution >= 0.6 is 0 Å². The van der Waals surface area contributed by atoms with Gasteiger partial charge in [0.25, 0.3) is 11.5 Å². The third kappa shape index (κ3) is 5.49. The lowest BCUT2D eigenvalue weighted by Gasteiger charge is -2.11. The summed E-state index contributed by atoms with van der Waals surface area (Å²) in [5, 5.41) is 11.5. The van der Waals surface area contributed by atoms with Crippen LogP contribution in [0.4, 0.5) is 4.39 Å². The van der Waals surface area contributed by atoms with Gasteiger partial charge in [-0.05, 0) is 47.5 Å². The number of aromatic carboxylic acids is 1. The molecule has 1 amide bonds. The molecule has 0 aliphatic carbocycles. The molecule has 3 aromatic carbocycles. The third-order valence-electron chi connectivity index (χ3n) is 5.44. The Kier molecular flexibility index (Phi) is 7.24. The standard InChI is InChI=1S/C26H22FN3O6/c1-35-18-8-4-16(5-9-18)14-28-25(32)23-29-20-11-10-19(27)22(21(20)24(31)30-23)36-13-12-15-2-6-17(7-3-15)26(33)34/h2-11H,12-14H2,1H3,(H,28,32)(H,33,34)(H,29,30,31). The molecule has 0 saturated carbocycles. The van der Waals surface area contributed by atoms with Gasteiger partial charge in [0.05, 0.1) is 24.8 Å². The quantitative estimate of drug-likeness (QED) is 0.327. The summed E-state index contributed by atoms with van der Waals surface area (Å²) in [4.78, 5) is 42.9. The van der Waals surface area contributed by atoms with E-state index in [-0.39, 0.29) is 41.2 Å². The van der Waals surface area contributed by atoms with Gasteiger partial charge < -0.3 is 24.9 Å².